The van der Waals surface area contributed by atoms with Crippen molar-refractivity contribution in [1.82, 2.24) is 30.0 Å². The van der Waals surface area contributed by atoms with Gasteiger partial charge in [-0.2, -0.15) is 5.10 Å². The minimum Gasteiger partial charge on any atom is -0.362 e. The number of nitrogens with one attached hydrogen (secondary N) is 2. The van der Waals surface area contributed by atoms with Gasteiger partial charge in [-0.3, -0.25) is 19.4 Å². The molecule has 1 aliphatic rings. The lowest BCUT2D eigenvalue weighted by atomic mass is 9.91. The van der Waals surface area contributed by atoms with Gasteiger partial charge in [0.1, 0.15) is 4.88 Å². The Kier molecular flexibility index (Phi) is 5.84. The maximum Gasteiger partial charge on any atom is 0.263 e. The fraction of sp³-hybridized carbons (Fsp3) is 0.450. The van der Waals surface area contributed by atoms with Gasteiger partial charge in [0.2, 0.25) is 0 Å². The lowest BCUT2D eigenvalue weighted by molar-refractivity contribution is 0.0925. The minimum absolute atomic E-state index is 0.0170. The molecular formula is C20H25N7OS. The van der Waals surface area contributed by atoms with E-state index in [1.54, 1.807) is 18.6 Å². The van der Waals surface area contributed by atoms with E-state index >= 15 is 0 Å². The van der Waals surface area contributed by atoms with Crippen LogP contribution >= 0.6 is 11.3 Å². The predicted molar refractivity (Wildman–Crippen MR) is 113 cm³/mol. The number of amides is 1. The SMILES string of the molecule is CCNc1nc(C)c(C(=O)NC2CCC(n3cc(-c4cnccn4)cn3)CC2)s1. The quantitative estimate of drug-likeness (QED) is 0.645. The lowest BCUT2D eigenvalue weighted by Gasteiger charge is -2.29. The summed E-state index contributed by atoms with van der Waals surface area (Å²) in [6.07, 6.45) is 12.8. The maximum atomic E-state index is 12.7. The summed E-state index contributed by atoms with van der Waals surface area (Å²) in [4.78, 5) is 26.2. The Bertz CT molecular complexity index is 960. The molecule has 1 amide bonds. The average Bonchev–Trinajstić information content (AvgIpc) is 3.37. The van der Waals surface area contributed by atoms with Gasteiger partial charge in [-0.05, 0) is 39.5 Å². The van der Waals surface area contributed by atoms with Crippen molar-refractivity contribution in [2.75, 3.05) is 11.9 Å². The number of carbonyl (C=O) groups excluding carboxylic acids is 1. The zero-order chi connectivity index (χ0) is 20.2. The molecule has 0 aliphatic heterocycles. The van der Waals surface area contributed by atoms with Crippen LogP contribution in [-0.2, 0) is 0 Å². The fourth-order valence-electron chi connectivity index (χ4n) is 3.69. The Labute approximate surface area is 173 Å². The van der Waals surface area contributed by atoms with Crippen molar-refractivity contribution in [3.05, 3.63) is 41.6 Å². The smallest absolute Gasteiger partial charge is 0.263 e. The van der Waals surface area contributed by atoms with E-state index in [-0.39, 0.29) is 11.9 Å². The lowest BCUT2D eigenvalue weighted by Crippen LogP contribution is -2.38. The third kappa shape index (κ3) is 4.45. The van der Waals surface area contributed by atoms with Gasteiger partial charge in [-0.1, -0.05) is 11.3 Å². The van der Waals surface area contributed by atoms with Crippen LogP contribution in [0.5, 0.6) is 0 Å². The van der Waals surface area contributed by atoms with Crippen molar-refractivity contribution in [3.8, 4) is 11.3 Å². The molecule has 3 heterocycles. The van der Waals surface area contributed by atoms with E-state index < -0.39 is 0 Å². The fourth-order valence-corrected chi connectivity index (χ4v) is 4.63. The molecule has 9 heteroatoms. The van der Waals surface area contributed by atoms with Crippen LogP contribution in [0, 0.1) is 6.92 Å². The topological polar surface area (TPSA) is 97.6 Å². The van der Waals surface area contributed by atoms with Crippen molar-refractivity contribution >= 4 is 22.4 Å². The molecule has 152 valence electrons. The molecule has 0 aromatic carbocycles. The molecule has 1 fully saturated rings. The number of carbonyl (C=O) groups is 1. The highest BCUT2D eigenvalue weighted by Gasteiger charge is 2.26. The molecular weight excluding hydrogens is 386 g/mol. The molecule has 1 saturated carbocycles. The minimum atomic E-state index is -0.0170. The second kappa shape index (κ2) is 8.69. The predicted octanol–water partition coefficient (Wildman–Crippen LogP) is 3.45. The first-order valence-electron chi connectivity index (χ1n) is 9.96. The molecule has 3 aromatic heterocycles. The Morgan fingerprint density at radius 1 is 1.24 bits per heavy atom. The molecule has 0 radical (unpaired) electrons. The van der Waals surface area contributed by atoms with E-state index in [0.29, 0.717) is 10.9 Å². The maximum absolute atomic E-state index is 12.7. The van der Waals surface area contributed by atoms with Crippen molar-refractivity contribution < 1.29 is 4.79 Å². The van der Waals surface area contributed by atoms with Gasteiger partial charge in [0.25, 0.3) is 5.91 Å². The second-order valence-electron chi connectivity index (χ2n) is 7.24. The summed E-state index contributed by atoms with van der Waals surface area (Å²) in [7, 11) is 0. The van der Waals surface area contributed by atoms with Crippen molar-refractivity contribution in [1.29, 1.82) is 0 Å². The Balaban J connectivity index is 1.33. The van der Waals surface area contributed by atoms with E-state index in [2.05, 4.69) is 30.7 Å². The molecule has 0 unspecified atom stereocenters. The van der Waals surface area contributed by atoms with Gasteiger partial charge in [0.05, 0.1) is 29.8 Å². The molecule has 0 atom stereocenters. The van der Waals surface area contributed by atoms with Crippen molar-refractivity contribution in [3.63, 3.8) is 0 Å². The van der Waals surface area contributed by atoms with Crippen LogP contribution in [0.25, 0.3) is 11.3 Å². The van der Waals surface area contributed by atoms with Gasteiger partial charge < -0.3 is 10.6 Å². The number of nitrogens with zero attached hydrogens (tertiary/aromatic N) is 5. The molecule has 0 saturated heterocycles. The zero-order valence-electron chi connectivity index (χ0n) is 16.6. The summed E-state index contributed by atoms with van der Waals surface area (Å²) in [6, 6.07) is 0.539. The molecule has 4 rings (SSSR count). The molecule has 0 bridgehead atoms. The molecule has 3 aromatic rings. The van der Waals surface area contributed by atoms with Crippen LogP contribution in [0.4, 0.5) is 5.13 Å². The molecule has 1 aliphatic carbocycles. The summed E-state index contributed by atoms with van der Waals surface area (Å²) < 4.78 is 2.03. The number of aromatic nitrogens is 5. The number of thiazole rings is 1. The largest absolute Gasteiger partial charge is 0.362 e. The molecule has 0 spiro atoms. The van der Waals surface area contributed by atoms with E-state index in [4.69, 9.17) is 0 Å². The summed E-state index contributed by atoms with van der Waals surface area (Å²) in [5.74, 6) is -0.0170. The number of anilines is 1. The first-order valence-corrected chi connectivity index (χ1v) is 10.8. The van der Waals surface area contributed by atoms with E-state index in [1.165, 1.54) is 11.3 Å². The van der Waals surface area contributed by atoms with Gasteiger partial charge in [-0.15, -0.1) is 0 Å². The number of aryl methyl sites for hydroxylation is 1. The van der Waals surface area contributed by atoms with Crippen LogP contribution in [0.15, 0.2) is 31.0 Å². The first kappa shape index (κ1) is 19.5. The van der Waals surface area contributed by atoms with Gasteiger partial charge in [0.15, 0.2) is 5.13 Å². The summed E-state index contributed by atoms with van der Waals surface area (Å²) >= 11 is 1.42. The molecule has 29 heavy (non-hydrogen) atoms. The molecule has 8 nitrogen and oxygen atoms in total. The van der Waals surface area contributed by atoms with Gasteiger partial charge in [0, 0.05) is 36.7 Å². The van der Waals surface area contributed by atoms with E-state index in [0.717, 1.165) is 54.3 Å². The number of rotatable bonds is 6. The zero-order valence-corrected chi connectivity index (χ0v) is 17.4. The monoisotopic (exact) mass is 411 g/mol. The normalized spacial score (nSPS) is 19.1. The third-order valence-electron chi connectivity index (χ3n) is 5.20. The summed E-state index contributed by atoms with van der Waals surface area (Å²) in [5, 5.41) is 11.7. The van der Waals surface area contributed by atoms with Crippen LogP contribution in [0.3, 0.4) is 0 Å². The summed E-state index contributed by atoms with van der Waals surface area (Å²) in [5.41, 5.74) is 2.59. The van der Waals surface area contributed by atoms with Crippen LogP contribution in [0.2, 0.25) is 0 Å². The highest BCUT2D eigenvalue weighted by atomic mass is 32.1. The number of hydrogen-bond donors (Lipinski definition) is 2. The van der Waals surface area contributed by atoms with Crippen molar-refractivity contribution in [2.24, 2.45) is 0 Å². The van der Waals surface area contributed by atoms with Crippen LogP contribution in [0.1, 0.15) is 54.0 Å². The Morgan fingerprint density at radius 3 is 2.79 bits per heavy atom. The van der Waals surface area contributed by atoms with E-state index in [1.807, 2.05) is 30.9 Å². The molecule has 2 N–H and O–H groups in total. The highest BCUT2D eigenvalue weighted by Crippen LogP contribution is 2.30. The highest BCUT2D eigenvalue weighted by molar-refractivity contribution is 7.17. The van der Waals surface area contributed by atoms with Crippen LogP contribution < -0.4 is 10.6 Å². The van der Waals surface area contributed by atoms with E-state index in [9.17, 15) is 4.79 Å². The van der Waals surface area contributed by atoms with Crippen LogP contribution in [-0.4, -0.2) is 43.2 Å². The average molecular weight is 412 g/mol. The van der Waals surface area contributed by atoms with Crippen molar-refractivity contribution in [2.45, 2.75) is 51.6 Å². The van der Waals surface area contributed by atoms with Gasteiger partial charge >= 0.3 is 0 Å². The standard InChI is InChI=1S/C20H25N7OS/c1-3-22-20-25-13(2)18(29-20)19(28)26-15-4-6-16(7-5-15)27-12-14(10-24-27)17-11-21-8-9-23-17/h8-12,15-16H,3-7H2,1-2H3,(H,22,25)(H,26,28). The summed E-state index contributed by atoms with van der Waals surface area (Å²) in [6.45, 7) is 4.70. The Hall–Kier alpha value is -2.81. The first-order chi connectivity index (χ1) is 14.1. The second-order valence-corrected chi connectivity index (χ2v) is 8.24. The number of hydrogen-bond acceptors (Lipinski definition) is 7. The third-order valence-corrected chi connectivity index (χ3v) is 6.31. The Morgan fingerprint density at radius 2 is 2.07 bits per heavy atom. The van der Waals surface area contributed by atoms with Gasteiger partial charge in [-0.25, -0.2) is 4.98 Å².